The quantitative estimate of drug-likeness (QED) is 0.788. The van der Waals surface area contributed by atoms with E-state index >= 15 is 0 Å². The van der Waals surface area contributed by atoms with Crippen molar-refractivity contribution in [1.29, 1.82) is 0 Å². The van der Waals surface area contributed by atoms with Gasteiger partial charge in [0.05, 0.1) is 6.54 Å². The second kappa shape index (κ2) is 6.63. The smallest absolute Gasteiger partial charge is 0.223 e. The number of rotatable bonds is 5. The zero-order chi connectivity index (χ0) is 16.5. The summed E-state index contributed by atoms with van der Waals surface area (Å²) >= 11 is 3.44. The molecule has 0 atom stereocenters. The molecule has 0 N–H and O–H groups in total. The number of hydrogen-bond donors (Lipinski definition) is 0. The van der Waals surface area contributed by atoms with E-state index < -0.39 is 0 Å². The third kappa shape index (κ3) is 3.36. The van der Waals surface area contributed by atoms with E-state index in [2.05, 4.69) is 35.7 Å². The molecule has 2 aliphatic rings. The van der Waals surface area contributed by atoms with Crippen molar-refractivity contribution in [3.8, 4) is 11.4 Å². The molecule has 0 radical (unpaired) electrons. The highest BCUT2D eigenvalue weighted by atomic mass is 79.9. The fraction of sp³-hybridized carbons (Fsp3) is 0.529. The molecule has 0 aromatic carbocycles. The van der Waals surface area contributed by atoms with Crippen LogP contribution in [0.1, 0.15) is 37.9 Å². The van der Waals surface area contributed by atoms with Gasteiger partial charge in [-0.25, -0.2) is 0 Å². The van der Waals surface area contributed by atoms with E-state index in [1.807, 2.05) is 11.0 Å². The molecule has 0 spiro atoms. The maximum atomic E-state index is 12.4. The van der Waals surface area contributed by atoms with E-state index in [0.29, 0.717) is 13.0 Å². The number of fused-ring (bicyclic) bond motifs is 1. The van der Waals surface area contributed by atoms with Gasteiger partial charge in [0, 0.05) is 41.9 Å². The molecule has 1 amide bonds. The SMILES string of the molecule is O=C(CCCC1CC1)N1CCn2c(nnc2-c2cncc(Br)c2)C1. The summed E-state index contributed by atoms with van der Waals surface area (Å²) in [5.41, 5.74) is 0.937. The third-order valence-electron chi connectivity index (χ3n) is 4.77. The predicted octanol–water partition coefficient (Wildman–Crippen LogP) is 3.03. The summed E-state index contributed by atoms with van der Waals surface area (Å²) in [6, 6.07) is 1.99. The van der Waals surface area contributed by atoms with Crippen molar-refractivity contribution in [2.45, 2.75) is 45.2 Å². The van der Waals surface area contributed by atoms with Gasteiger partial charge in [-0.1, -0.05) is 12.8 Å². The van der Waals surface area contributed by atoms with Gasteiger partial charge in [0.25, 0.3) is 0 Å². The van der Waals surface area contributed by atoms with Crippen LogP contribution < -0.4 is 0 Å². The summed E-state index contributed by atoms with van der Waals surface area (Å²) in [4.78, 5) is 18.5. The van der Waals surface area contributed by atoms with Crippen LogP contribution in [0.25, 0.3) is 11.4 Å². The highest BCUT2D eigenvalue weighted by Gasteiger charge is 2.26. The van der Waals surface area contributed by atoms with E-state index in [1.54, 1.807) is 12.4 Å². The van der Waals surface area contributed by atoms with Crippen molar-refractivity contribution in [2.75, 3.05) is 6.54 Å². The molecule has 2 aromatic rings. The highest BCUT2D eigenvalue weighted by molar-refractivity contribution is 9.10. The zero-order valence-corrected chi connectivity index (χ0v) is 15.1. The molecule has 1 aliphatic heterocycles. The highest BCUT2D eigenvalue weighted by Crippen LogP contribution is 2.34. The van der Waals surface area contributed by atoms with Crippen LogP contribution in [-0.2, 0) is 17.9 Å². The summed E-state index contributed by atoms with van der Waals surface area (Å²) in [7, 11) is 0. The lowest BCUT2D eigenvalue weighted by Gasteiger charge is -2.28. The van der Waals surface area contributed by atoms with Crippen molar-refractivity contribution in [2.24, 2.45) is 5.92 Å². The molecule has 0 saturated heterocycles. The second-order valence-corrected chi connectivity index (χ2v) is 7.55. The Bertz CT molecular complexity index is 755. The number of carbonyl (C=O) groups is 1. The Morgan fingerprint density at radius 1 is 1.25 bits per heavy atom. The largest absolute Gasteiger partial charge is 0.333 e. The van der Waals surface area contributed by atoms with Crippen molar-refractivity contribution < 1.29 is 4.79 Å². The Kier molecular flexibility index (Phi) is 4.35. The van der Waals surface area contributed by atoms with Gasteiger partial charge >= 0.3 is 0 Å². The summed E-state index contributed by atoms with van der Waals surface area (Å²) in [6.45, 7) is 2.01. The number of hydrogen-bond acceptors (Lipinski definition) is 4. The van der Waals surface area contributed by atoms with E-state index in [4.69, 9.17) is 0 Å². The minimum absolute atomic E-state index is 0.246. The normalized spacial score (nSPS) is 17.0. The number of halogens is 1. The molecule has 1 saturated carbocycles. The van der Waals surface area contributed by atoms with Gasteiger partial charge in [-0.2, -0.15) is 0 Å². The van der Waals surface area contributed by atoms with Crippen LogP contribution in [0.15, 0.2) is 22.9 Å². The molecule has 126 valence electrons. The van der Waals surface area contributed by atoms with Gasteiger partial charge in [-0.05, 0) is 40.8 Å². The van der Waals surface area contributed by atoms with Gasteiger partial charge < -0.3 is 9.47 Å². The fourth-order valence-electron chi connectivity index (χ4n) is 3.22. The molecule has 1 fully saturated rings. The summed E-state index contributed by atoms with van der Waals surface area (Å²) in [6.07, 6.45) is 9.13. The molecule has 24 heavy (non-hydrogen) atoms. The first kappa shape index (κ1) is 15.7. The standard InChI is InChI=1S/C17H20BrN5O/c18-14-8-13(9-19-10-14)17-21-20-15-11-22(6-7-23(15)17)16(24)3-1-2-12-4-5-12/h8-10,12H,1-7,11H2. The molecule has 7 heteroatoms. The van der Waals surface area contributed by atoms with Crippen LogP contribution in [0, 0.1) is 5.92 Å². The second-order valence-electron chi connectivity index (χ2n) is 6.63. The first-order valence-corrected chi connectivity index (χ1v) is 9.31. The average Bonchev–Trinajstić information content (AvgIpc) is 3.31. The average molecular weight is 390 g/mol. The summed E-state index contributed by atoms with van der Waals surface area (Å²) in [5.74, 6) is 2.81. The van der Waals surface area contributed by atoms with Gasteiger partial charge in [-0.3, -0.25) is 9.78 Å². The molecule has 3 heterocycles. The summed E-state index contributed by atoms with van der Waals surface area (Å²) in [5, 5.41) is 8.60. The van der Waals surface area contributed by atoms with E-state index in [0.717, 1.165) is 47.1 Å². The van der Waals surface area contributed by atoms with Gasteiger partial charge in [0.15, 0.2) is 11.6 Å². The van der Waals surface area contributed by atoms with Crippen molar-refractivity contribution in [3.05, 3.63) is 28.8 Å². The molecular weight excluding hydrogens is 370 g/mol. The molecule has 0 unspecified atom stereocenters. The Labute approximate surface area is 149 Å². The lowest BCUT2D eigenvalue weighted by Crippen LogP contribution is -2.38. The maximum Gasteiger partial charge on any atom is 0.223 e. The monoisotopic (exact) mass is 389 g/mol. The van der Waals surface area contributed by atoms with Crippen molar-refractivity contribution in [1.82, 2.24) is 24.6 Å². The first-order valence-electron chi connectivity index (χ1n) is 8.51. The Morgan fingerprint density at radius 3 is 2.92 bits per heavy atom. The van der Waals surface area contributed by atoms with E-state index in [-0.39, 0.29) is 5.91 Å². The Hall–Kier alpha value is -1.76. The molecule has 4 rings (SSSR count). The van der Waals surface area contributed by atoms with Crippen LogP contribution in [-0.4, -0.2) is 37.1 Å². The molecule has 1 aliphatic carbocycles. The van der Waals surface area contributed by atoms with Crippen LogP contribution in [0.5, 0.6) is 0 Å². The maximum absolute atomic E-state index is 12.4. The Morgan fingerprint density at radius 2 is 2.12 bits per heavy atom. The minimum Gasteiger partial charge on any atom is -0.333 e. The molecule has 6 nitrogen and oxygen atoms in total. The number of nitrogens with zero attached hydrogens (tertiary/aromatic N) is 5. The zero-order valence-electron chi connectivity index (χ0n) is 13.5. The summed E-state index contributed by atoms with van der Waals surface area (Å²) < 4.78 is 3.01. The van der Waals surface area contributed by atoms with Crippen LogP contribution in [0.2, 0.25) is 0 Å². The van der Waals surface area contributed by atoms with Gasteiger partial charge in [0.1, 0.15) is 0 Å². The van der Waals surface area contributed by atoms with Crippen LogP contribution in [0.3, 0.4) is 0 Å². The molecule has 2 aromatic heterocycles. The van der Waals surface area contributed by atoms with Gasteiger partial charge in [0.2, 0.25) is 5.91 Å². The number of amides is 1. The minimum atomic E-state index is 0.246. The third-order valence-corrected chi connectivity index (χ3v) is 5.20. The van der Waals surface area contributed by atoms with Crippen LogP contribution >= 0.6 is 15.9 Å². The van der Waals surface area contributed by atoms with Crippen molar-refractivity contribution >= 4 is 21.8 Å². The predicted molar refractivity (Wildman–Crippen MR) is 92.9 cm³/mol. The van der Waals surface area contributed by atoms with E-state index in [9.17, 15) is 4.79 Å². The molecule has 0 bridgehead atoms. The molecular formula is C17H20BrN5O. The fourth-order valence-corrected chi connectivity index (χ4v) is 3.59. The number of aromatic nitrogens is 4. The number of carbonyl (C=O) groups excluding carboxylic acids is 1. The van der Waals surface area contributed by atoms with E-state index in [1.165, 1.54) is 19.3 Å². The van der Waals surface area contributed by atoms with Gasteiger partial charge in [-0.15, -0.1) is 10.2 Å². The van der Waals surface area contributed by atoms with Crippen molar-refractivity contribution in [3.63, 3.8) is 0 Å². The lowest BCUT2D eigenvalue weighted by atomic mass is 10.1. The number of pyridine rings is 1. The topological polar surface area (TPSA) is 63.9 Å². The Balaban J connectivity index is 1.43. The van der Waals surface area contributed by atoms with Crippen LogP contribution in [0.4, 0.5) is 0 Å². The lowest BCUT2D eigenvalue weighted by molar-refractivity contribution is -0.132. The first-order chi connectivity index (χ1) is 11.7.